The molecule has 0 unspecified atom stereocenters. The lowest BCUT2D eigenvalue weighted by atomic mass is 10.3. The predicted octanol–water partition coefficient (Wildman–Crippen LogP) is 3.05. The van der Waals surface area contributed by atoms with Gasteiger partial charge in [-0.3, -0.25) is 4.79 Å². The standard InChI is InChI=1S/C10H6ClF2N3O2S/c11-9-16-15-8(19-9)7(17)14-5-1-3-6(4-2-5)18-10(12)13/h1-4,10H,(H,14,17). The first-order valence-electron chi connectivity index (χ1n) is 4.90. The number of aromatic nitrogens is 2. The fourth-order valence-corrected chi connectivity index (χ4v) is 1.92. The van der Waals surface area contributed by atoms with Gasteiger partial charge in [0.05, 0.1) is 0 Å². The van der Waals surface area contributed by atoms with Gasteiger partial charge >= 0.3 is 6.61 Å². The molecule has 0 bridgehead atoms. The largest absolute Gasteiger partial charge is 0.435 e. The second-order valence-electron chi connectivity index (χ2n) is 3.22. The lowest BCUT2D eigenvalue weighted by Crippen LogP contribution is -2.11. The van der Waals surface area contributed by atoms with E-state index in [4.69, 9.17) is 11.6 Å². The normalized spacial score (nSPS) is 10.5. The topological polar surface area (TPSA) is 64.1 Å². The van der Waals surface area contributed by atoms with Crippen LogP contribution < -0.4 is 10.1 Å². The molecule has 0 atom stereocenters. The summed E-state index contributed by atoms with van der Waals surface area (Å²) in [6.45, 7) is -2.89. The van der Waals surface area contributed by atoms with Crippen molar-refractivity contribution in [1.82, 2.24) is 10.2 Å². The summed E-state index contributed by atoms with van der Waals surface area (Å²) < 4.78 is 28.2. The minimum atomic E-state index is -2.89. The van der Waals surface area contributed by atoms with Gasteiger partial charge in [0.2, 0.25) is 9.47 Å². The molecule has 9 heteroatoms. The summed E-state index contributed by atoms with van der Waals surface area (Å²) in [5.74, 6) is -0.473. The first kappa shape index (κ1) is 13.6. The van der Waals surface area contributed by atoms with Crippen molar-refractivity contribution in [2.24, 2.45) is 0 Å². The van der Waals surface area contributed by atoms with Crippen molar-refractivity contribution in [3.8, 4) is 5.75 Å². The van der Waals surface area contributed by atoms with Crippen LogP contribution in [0.3, 0.4) is 0 Å². The van der Waals surface area contributed by atoms with Gasteiger partial charge in [0.15, 0.2) is 0 Å². The number of amides is 1. The van der Waals surface area contributed by atoms with Gasteiger partial charge < -0.3 is 10.1 Å². The Bertz CT molecular complexity index is 576. The van der Waals surface area contributed by atoms with Crippen LogP contribution in [0, 0.1) is 0 Å². The Morgan fingerprint density at radius 1 is 1.32 bits per heavy atom. The van der Waals surface area contributed by atoms with E-state index in [1.54, 1.807) is 0 Å². The summed E-state index contributed by atoms with van der Waals surface area (Å²) in [7, 11) is 0. The first-order chi connectivity index (χ1) is 9.04. The smallest absolute Gasteiger partial charge is 0.387 e. The Labute approximate surface area is 115 Å². The van der Waals surface area contributed by atoms with Crippen LogP contribution in [-0.4, -0.2) is 22.7 Å². The molecule has 1 aromatic carbocycles. The number of nitrogens with one attached hydrogen (secondary N) is 1. The van der Waals surface area contributed by atoms with Crippen molar-refractivity contribution in [2.75, 3.05) is 5.32 Å². The number of carbonyl (C=O) groups excluding carboxylic acids is 1. The highest BCUT2D eigenvalue weighted by molar-refractivity contribution is 7.17. The Morgan fingerprint density at radius 3 is 2.53 bits per heavy atom. The monoisotopic (exact) mass is 305 g/mol. The van der Waals surface area contributed by atoms with Gasteiger partial charge in [-0.1, -0.05) is 11.3 Å². The number of hydrogen-bond donors (Lipinski definition) is 1. The summed E-state index contributed by atoms with van der Waals surface area (Å²) in [4.78, 5) is 11.7. The van der Waals surface area contributed by atoms with Gasteiger partial charge in [0, 0.05) is 5.69 Å². The highest BCUT2D eigenvalue weighted by atomic mass is 35.5. The minimum Gasteiger partial charge on any atom is -0.435 e. The van der Waals surface area contributed by atoms with E-state index in [0.29, 0.717) is 5.69 Å². The van der Waals surface area contributed by atoms with Crippen LogP contribution in [0.4, 0.5) is 14.5 Å². The van der Waals surface area contributed by atoms with Crippen LogP contribution in [0.5, 0.6) is 5.75 Å². The molecule has 0 radical (unpaired) electrons. The van der Waals surface area contributed by atoms with E-state index in [-0.39, 0.29) is 15.2 Å². The number of anilines is 1. The van der Waals surface area contributed by atoms with Gasteiger partial charge in [0.1, 0.15) is 5.75 Å². The summed E-state index contributed by atoms with van der Waals surface area (Å²) in [6, 6.07) is 5.49. The zero-order valence-electron chi connectivity index (χ0n) is 9.14. The fourth-order valence-electron chi connectivity index (χ4n) is 1.20. The zero-order valence-corrected chi connectivity index (χ0v) is 10.7. The van der Waals surface area contributed by atoms with E-state index in [2.05, 4.69) is 20.3 Å². The Kier molecular flexibility index (Phi) is 4.23. The molecule has 1 aromatic heterocycles. The van der Waals surface area contributed by atoms with Crippen molar-refractivity contribution >= 4 is 34.5 Å². The molecule has 0 saturated heterocycles. The number of ether oxygens (including phenoxy) is 1. The Hall–Kier alpha value is -1.80. The molecular weight excluding hydrogens is 300 g/mol. The highest BCUT2D eigenvalue weighted by Gasteiger charge is 2.12. The SMILES string of the molecule is O=C(Nc1ccc(OC(F)F)cc1)c1nnc(Cl)s1. The first-order valence-corrected chi connectivity index (χ1v) is 6.09. The van der Waals surface area contributed by atoms with Gasteiger partial charge in [-0.25, -0.2) is 0 Å². The molecule has 0 aliphatic carbocycles. The Morgan fingerprint density at radius 2 is 2.00 bits per heavy atom. The van der Waals surface area contributed by atoms with Gasteiger partial charge in [-0.2, -0.15) is 8.78 Å². The molecule has 100 valence electrons. The summed E-state index contributed by atoms with van der Waals surface area (Å²) >= 11 is 6.49. The highest BCUT2D eigenvalue weighted by Crippen LogP contribution is 2.20. The third-order valence-corrected chi connectivity index (χ3v) is 2.95. The number of carbonyl (C=O) groups is 1. The van der Waals surface area contributed by atoms with Crippen LogP contribution in [0.1, 0.15) is 9.80 Å². The fraction of sp³-hybridized carbons (Fsp3) is 0.100. The van der Waals surface area contributed by atoms with E-state index in [0.717, 1.165) is 11.3 Å². The average Bonchev–Trinajstić information content (AvgIpc) is 2.78. The molecule has 0 fully saturated rings. The lowest BCUT2D eigenvalue weighted by molar-refractivity contribution is -0.0498. The number of benzene rings is 1. The number of rotatable bonds is 4. The predicted molar refractivity (Wildman–Crippen MR) is 65.9 cm³/mol. The second-order valence-corrected chi connectivity index (χ2v) is 4.78. The molecule has 1 amide bonds. The van der Waals surface area contributed by atoms with E-state index in [1.807, 2.05) is 0 Å². The van der Waals surface area contributed by atoms with Crippen LogP contribution in [0.15, 0.2) is 24.3 Å². The van der Waals surface area contributed by atoms with Crippen molar-refractivity contribution in [3.05, 3.63) is 33.7 Å². The van der Waals surface area contributed by atoms with Crippen LogP contribution in [0.2, 0.25) is 4.47 Å². The van der Waals surface area contributed by atoms with Crippen molar-refractivity contribution < 1.29 is 18.3 Å². The molecule has 0 spiro atoms. The molecule has 2 rings (SSSR count). The molecule has 1 N–H and O–H groups in total. The van der Waals surface area contributed by atoms with Crippen LogP contribution >= 0.6 is 22.9 Å². The maximum atomic E-state index is 11.9. The maximum absolute atomic E-state index is 11.9. The summed E-state index contributed by atoms with van der Waals surface area (Å²) in [5, 5.41) is 9.69. The number of hydrogen-bond acceptors (Lipinski definition) is 5. The van der Waals surface area contributed by atoms with Crippen molar-refractivity contribution in [3.63, 3.8) is 0 Å². The number of halogens is 3. The van der Waals surface area contributed by atoms with E-state index >= 15 is 0 Å². The van der Waals surface area contributed by atoms with Crippen molar-refractivity contribution in [2.45, 2.75) is 6.61 Å². The minimum absolute atomic E-state index is 0.00644. The van der Waals surface area contributed by atoms with Gasteiger partial charge in [-0.05, 0) is 35.9 Å². The summed E-state index contributed by atoms with van der Waals surface area (Å²) in [5.41, 5.74) is 0.415. The van der Waals surface area contributed by atoms with E-state index < -0.39 is 12.5 Å². The second kappa shape index (κ2) is 5.89. The lowest BCUT2D eigenvalue weighted by Gasteiger charge is -2.06. The molecule has 0 aliphatic rings. The number of alkyl halides is 2. The van der Waals surface area contributed by atoms with E-state index in [9.17, 15) is 13.6 Å². The summed E-state index contributed by atoms with van der Waals surface area (Å²) in [6.07, 6.45) is 0. The molecule has 0 aliphatic heterocycles. The molecule has 2 aromatic rings. The van der Waals surface area contributed by atoms with Gasteiger partial charge in [0.25, 0.3) is 5.91 Å². The average molecular weight is 306 g/mol. The molecule has 5 nitrogen and oxygen atoms in total. The Balaban J connectivity index is 2.01. The number of nitrogens with zero attached hydrogens (tertiary/aromatic N) is 2. The molecular formula is C10H6ClF2N3O2S. The quantitative estimate of drug-likeness (QED) is 0.943. The van der Waals surface area contributed by atoms with Crippen LogP contribution in [-0.2, 0) is 0 Å². The third-order valence-electron chi connectivity index (χ3n) is 1.93. The van der Waals surface area contributed by atoms with Crippen LogP contribution in [0.25, 0.3) is 0 Å². The van der Waals surface area contributed by atoms with Gasteiger partial charge in [-0.15, -0.1) is 10.2 Å². The van der Waals surface area contributed by atoms with E-state index in [1.165, 1.54) is 24.3 Å². The maximum Gasteiger partial charge on any atom is 0.387 e. The zero-order chi connectivity index (χ0) is 13.8. The molecule has 19 heavy (non-hydrogen) atoms. The third kappa shape index (κ3) is 3.83. The van der Waals surface area contributed by atoms with Crippen molar-refractivity contribution in [1.29, 1.82) is 0 Å². The molecule has 1 heterocycles. The molecule has 0 saturated carbocycles.